The highest BCUT2D eigenvalue weighted by Gasteiger charge is 2.37. The summed E-state index contributed by atoms with van der Waals surface area (Å²) >= 11 is 0. The lowest BCUT2D eigenvalue weighted by Crippen LogP contribution is -2.32. The number of benzene rings is 3. The Morgan fingerprint density at radius 3 is 2.52 bits per heavy atom. The van der Waals surface area contributed by atoms with E-state index in [0.29, 0.717) is 23.4 Å². The van der Waals surface area contributed by atoms with Gasteiger partial charge >= 0.3 is 0 Å². The van der Waals surface area contributed by atoms with Gasteiger partial charge < -0.3 is 4.42 Å². The minimum absolute atomic E-state index is 0.440. The van der Waals surface area contributed by atoms with Gasteiger partial charge in [-0.3, -0.25) is 0 Å². The molecule has 2 aliphatic carbocycles. The van der Waals surface area contributed by atoms with Crippen LogP contribution in [0.4, 0.5) is 0 Å². The number of pyridine rings is 1. The number of aryl methyl sites for hydroxylation is 1. The fourth-order valence-electron chi connectivity index (χ4n) is 7.52. The maximum Gasteiger partial charge on any atom is 0.221 e. The fraction of sp³-hybridized carbons (Fsp3) is 0.395. The normalized spacial score (nSPS) is 17.6. The van der Waals surface area contributed by atoms with Crippen LogP contribution in [0.2, 0.25) is 0 Å². The Morgan fingerprint density at radius 1 is 1.02 bits per heavy atom. The van der Waals surface area contributed by atoms with Gasteiger partial charge in [0.2, 0.25) is 5.69 Å². The third-order valence-electron chi connectivity index (χ3n) is 9.90. The SMILES string of the molecule is [2H]c1cc2cc(C3CCC(C)(C)CC3)cc3c2c([n+]1C)C(c1c(C)c(C)cc2c1oc1ccccc12)=C3CC(C)C. The molecule has 0 saturated heterocycles. The highest BCUT2D eigenvalue weighted by molar-refractivity contribution is 6.20. The summed E-state index contributed by atoms with van der Waals surface area (Å²) in [6.45, 7) is 14.0. The predicted molar refractivity (Wildman–Crippen MR) is 169 cm³/mol. The molecule has 2 aromatic heterocycles. The summed E-state index contributed by atoms with van der Waals surface area (Å²) < 4.78 is 17.9. The van der Waals surface area contributed by atoms with Crippen molar-refractivity contribution in [3.63, 3.8) is 0 Å². The molecule has 0 unspecified atom stereocenters. The van der Waals surface area contributed by atoms with Gasteiger partial charge in [0.1, 0.15) is 19.6 Å². The predicted octanol–water partition coefficient (Wildman–Crippen LogP) is 10.2. The molecule has 2 nitrogen and oxygen atoms in total. The third-order valence-corrected chi connectivity index (χ3v) is 9.90. The topological polar surface area (TPSA) is 17.0 Å². The van der Waals surface area contributed by atoms with Crippen molar-refractivity contribution in [1.82, 2.24) is 0 Å². The Hall–Kier alpha value is -3.39. The molecule has 0 N–H and O–H groups in total. The van der Waals surface area contributed by atoms with Crippen LogP contribution in [0.15, 0.2) is 59.1 Å². The highest BCUT2D eigenvalue weighted by Crippen LogP contribution is 2.51. The Kier molecular flexibility index (Phi) is 5.53. The van der Waals surface area contributed by atoms with E-state index in [1.807, 2.05) is 0 Å². The molecule has 204 valence electrons. The van der Waals surface area contributed by atoms with Crippen molar-refractivity contribution < 1.29 is 10.4 Å². The largest absolute Gasteiger partial charge is 0.455 e. The van der Waals surface area contributed by atoms with Gasteiger partial charge in [0.05, 0.1) is 11.0 Å². The quantitative estimate of drug-likeness (QED) is 0.212. The van der Waals surface area contributed by atoms with E-state index in [1.54, 1.807) is 0 Å². The fourth-order valence-corrected chi connectivity index (χ4v) is 7.52. The van der Waals surface area contributed by atoms with Crippen LogP contribution in [0.5, 0.6) is 0 Å². The molecule has 7 rings (SSSR count). The molecule has 0 spiro atoms. The van der Waals surface area contributed by atoms with Crippen molar-refractivity contribution in [2.24, 2.45) is 18.4 Å². The van der Waals surface area contributed by atoms with E-state index in [0.717, 1.165) is 17.6 Å². The highest BCUT2D eigenvalue weighted by atomic mass is 16.3. The maximum atomic E-state index is 9.06. The number of hydrogen-bond donors (Lipinski definition) is 0. The van der Waals surface area contributed by atoms with E-state index < -0.39 is 0 Å². The number of nitrogens with zero attached hydrogens (tertiary/aromatic N) is 1. The first-order valence-electron chi connectivity index (χ1n) is 15.7. The molecule has 1 saturated carbocycles. The first kappa shape index (κ1) is 24.4. The summed E-state index contributed by atoms with van der Waals surface area (Å²) in [5.41, 5.74) is 12.8. The lowest BCUT2D eigenvalue weighted by Gasteiger charge is -2.34. The molecular formula is C38H42NO+. The van der Waals surface area contributed by atoms with Gasteiger partial charge in [-0.2, -0.15) is 0 Å². The number of para-hydroxylation sites is 1. The molecular weight excluding hydrogens is 486 g/mol. The Bertz CT molecular complexity index is 1910. The number of allylic oxidation sites excluding steroid dienone is 1. The Morgan fingerprint density at radius 2 is 1.77 bits per heavy atom. The van der Waals surface area contributed by atoms with Crippen molar-refractivity contribution in [3.05, 3.63) is 88.2 Å². The maximum absolute atomic E-state index is 9.06. The van der Waals surface area contributed by atoms with Gasteiger partial charge in [-0.1, -0.05) is 58.0 Å². The molecule has 0 radical (unpaired) electrons. The van der Waals surface area contributed by atoms with E-state index >= 15 is 0 Å². The van der Waals surface area contributed by atoms with Crippen LogP contribution in [-0.2, 0) is 7.05 Å². The van der Waals surface area contributed by atoms with E-state index in [4.69, 9.17) is 5.79 Å². The van der Waals surface area contributed by atoms with Crippen LogP contribution < -0.4 is 4.57 Å². The third kappa shape index (κ3) is 3.86. The van der Waals surface area contributed by atoms with Crippen molar-refractivity contribution in [2.45, 2.75) is 79.6 Å². The van der Waals surface area contributed by atoms with Crippen molar-refractivity contribution in [2.75, 3.05) is 0 Å². The zero-order chi connectivity index (χ0) is 28.8. The average molecular weight is 530 g/mol. The summed E-state index contributed by atoms with van der Waals surface area (Å²) in [5, 5.41) is 4.86. The molecule has 0 atom stereocenters. The average Bonchev–Trinajstić information content (AvgIpc) is 3.44. The minimum Gasteiger partial charge on any atom is -0.455 e. The molecule has 0 aliphatic heterocycles. The summed E-state index contributed by atoms with van der Waals surface area (Å²) in [6.07, 6.45) is 6.57. The van der Waals surface area contributed by atoms with E-state index in [-0.39, 0.29) is 0 Å². The zero-order valence-corrected chi connectivity index (χ0v) is 25.2. The van der Waals surface area contributed by atoms with Crippen LogP contribution in [-0.4, -0.2) is 0 Å². The van der Waals surface area contributed by atoms with Crippen LogP contribution >= 0.6 is 0 Å². The first-order chi connectivity index (χ1) is 19.5. The second kappa shape index (κ2) is 9.06. The van der Waals surface area contributed by atoms with Crippen LogP contribution in [0.25, 0.3) is 43.9 Å². The summed E-state index contributed by atoms with van der Waals surface area (Å²) in [5.74, 6) is 1.09. The first-order valence-corrected chi connectivity index (χ1v) is 15.2. The molecule has 5 aromatic rings. The molecule has 3 aromatic carbocycles. The van der Waals surface area contributed by atoms with Gasteiger partial charge in [0.25, 0.3) is 0 Å². The smallest absolute Gasteiger partial charge is 0.221 e. The van der Waals surface area contributed by atoms with E-state index in [2.05, 4.69) is 102 Å². The van der Waals surface area contributed by atoms with Crippen LogP contribution in [0.3, 0.4) is 0 Å². The molecule has 40 heavy (non-hydrogen) atoms. The van der Waals surface area contributed by atoms with Gasteiger partial charge in [-0.05, 0) is 109 Å². The van der Waals surface area contributed by atoms with Gasteiger partial charge in [0.15, 0.2) is 6.17 Å². The molecule has 2 heteroatoms. The van der Waals surface area contributed by atoms with Crippen LogP contribution in [0.1, 0.15) is 101 Å². The Labute approximate surface area is 240 Å². The standard InChI is InChI=1S/C38H42NO/c1-22(2)18-29-30-21-27(25-12-15-38(5,6)16-13-25)20-26-14-17-39(7)36(34(26)30)35(29)33-24(4)23(3)19-31-28-10-8-9-11-32(28)40-37(31)33/h8-11,14,17,19-22,25H,12-13,15-16,18H2,1-7H3/q+1/i17D. The van der Waals surface area contributed by atoms with E-state index in [9.17, 15) is 0 Å². The monoisotopic (exact) mass is 529 g/mol. The second-order valence-corrected chi connectivity index (χ2v) is 13.8. The number of fused-ring (bicyclic) bond motifs is 3. The number of furan rings is 1. The molecule has 0 amide bonds. The number of hydrogen-bond acceptors (Lipinski definition) is 1. The zero-order valence-electron chi connectivity index (χ0n) is 26.2. The summed E-state index contributed by atoms with van der Waals surface area (Å²) in [6, 6.07) is 17.7. The summed E-state index contributed by atoms with van der Waals surface area (Å²) in [4.78, 5) is 0. The van der Waals surface area contributed by atoms with E-state index in [1.165, 1.54) is 91.9 Å². The van der Waals surface area contributed by atoms with Crippen LogP contribution in [0, 0.1) is 25.2 Å². The molecule has 2 heterocycles. The Balaban J connectivity index is 1.56. The number of aromatic nitrogens is 1. The summed E-state index contributed by atoms with van der Waals surface area (Å²) in [7, 11) is 2.07. The molecule has 2 aliphatic rings. The van der Waals surface area contributed by atoms with Gasteiger partial charge in [0, 0.05) is 22.4 Å². The molecule has 0 bridgehead atoms. The van der Waals surface area contributed by atoms with Gasteiger partial charge in [-0.25, -0.2) is 4.57 Å². The minimum atomic E-state index is 0.440. The van der Waals surface area contributed by atoms with Gasteiger partial charge in [-0.15, -0.1) is 0 Å². The van der Waals surface area contributed by atoms with Crippen molar-refractivity contribution in [3.8, 4) is 0 Å². The lowest BCUT2D eigenvalue weighted by molar-refractivity contribution is -0.672. The number of rotatable bonds is 4. The van der Waals surface area contributed by atoms with Crippen molar-refractivity contribution in [1.29, 1.82) is 0 Å². The molecule has 1 fully saturated rings. The van der Waals surface area contributed by atoms with Crippen molar-refractivity contribution >= 4 is 43.9 Å². The lowest BCUT2D eigenvalue weighted by atomic mass is 9.71. The second-order valence-electron chi connectivity index (χ2n) is 13.8.